The molecule has 2 N–H and O–H groups in total. The Labute approximate surface area is 82.0 Å². The summed E-state index contributed by atoms with van der Waals surface area (Å²) in [6.45, 7) is 4.99. The molecule has 0 saturated carbocycles. The summed E-state index contributed by atoms with van der Waals surface area (Å²) < 4.78 is 1.39. The molecule has 0 aliphatic rings. The van der Waals surface area contributed by atoms with Crippen LogP contribution in [0, 0.1) is 13.8 Å². The van der Waals surface area contributed by atoms with Gasteiger partial charge in [0, 0.05) is 11.3 Å². The Morgan fingerprint density at radius 1 is 1.57 bits per heavy atom. The molecule has 0 aliphatic heterocycles. The molecule has 0 spiro atoms. The summed E-state index contributed by atoms with van der Waals surface area (Å²) in [5.74, 6) is -0.937. The topological polar surface area (TPSA) is 75.4 Å². The number of aryl methyl sites for hydroxylation is 1. The van der Waals surface area contributed by atoms with Crippen molar-refractivity contribution in [3.8, 4) is 0 Å². The van der Waals surface area contributed by atoms with Crippen LogP contribution in [0.1, 0.15) is 30.0 Å². The molecule has 5 nitrogen and oxygen atoms in total. The molecule has 0 aromatic carbocycles. The molecule has 1 aromatic heterocycles. The number of aromatic nitrogens is 2. The van der Waals surface area contributed by atoms with E-state index in [1.54, 1.807) is 20.8 Å². The molecule has 1 heterocycles. The zero-order valence-electron chi connectivity index (χ0n) is 8.48. The van der Waals surface area contributed by atoms with E-state index in [-0.39, 0.29) is 6.54 Å². The molecule has 5 heteroatoms. The lowest BCUT2D eigenvalue weighted by atomic mass is 10.1. The maximum Gasteiger partial charge on any atom is 0.325 e. The SMILES string of the molecule is Cc1nn(CC(=O)O)c(C)c1C(C)O. The van der Waals surface area contributed by atoms with Gasteiger partial charge in [0.1, 0.15) is 6.54 Å². The predicted octanol–water partition coefficient (Wildman–Crippen LogP) is 0.638. The predicted molar refractivity (Wildman–Crippen MR) is 50.0 cm³/mol. The second kappa shape index (κ2) is 3.79. The maximum atomic E-state index is 10.5. The van der Waals surface area contributed by atoms with Gasteiger partial charge in [-0.25, -0.2) is 0 Å². The molecule has 1 aromatic rings. The fourth-order valence-electron chi connectivity index (χ4n) is 1.60. The van der Waals surface area contributed by atoms with Gasteiger partial charge < -0.3 is 10.2 Å². The number of rotatable bonds is 3. The zero-order valence-corrected chi connectivity index (χ0v) is 8.48. The van der Waals surface area contributed by atoms with Gasteiger partial charge in [-0.1, -0.05) is 0 Å². The molecule has 1 unspecified atom stereocenters. The van der Waals surface area contributed by atoms with Crippen LogP contribution in [0.4, 0.5) is 0 Å². The second-order valence-electron chi connectivity index (χ2n) is 3.31. The van der Waals surface area contributed by atoms with E-state index in [0.717, 1.165) is 0 Å². The van der Waals surface area contributed by atoms with Gasteiger partial charge in [0.25, 0.3) is 0 Å². The summed E-state index contributed by atoms with van der Waals surface area (Å²) in [6.07, 6.45) is -0.613. The standard InChI is InChI=1S/C9H14N2O3/c1-5-9(7(3)12)6(2)11(10-5)4-8(13)14/h7,12H,4H2,1-3H3,(H,13,14). The number of aliphatic hydroxyl groups is 1. The minimum Gasteiger partial charge on any atom is -0.480 e. The van der Waals surface area contributed by atoms with Crippen molar-refractivity contribution in [2.75, 3.05) is 0 Å². The smallest absolute Gasteiger partial charge is 0.325 e. The third-order valence-corrected chi connectivity index (χ3v) is 2.14. The Balaban J connectivity index is 3.10. The van der Waals surface area contributed by atoms with Crippen molar-refractivity contribution >= 4 is 5.97 Å². The van der Waals surface area contributed by atoms with Crippen molar-refractivity contribution in [1.29, 1.82) is 0 Å². The zero-order chi connectivity index (χ0) is 10.9. The second-order valence-corrected chi connectivity index (χ2v) is 3.31. The summed E-state index contributed by atoms with van der Waals surface area (Å²) in [6, 6.07) is 0. The van der Waals surface area contributed by atoms with Crippen LogP contribution >= 0.6 is 0 Å². The van der Waals surface area contributed by atoms with Crippen LogP contribution in [0.3, 0.4) is 0 Å². The molecule has 78 valence electrons. The van der Waals surface area contributed by atoms with E-state index in [4.69, 9.17) is 5.11 Å². The number of carbonyl (C=O) groups is 1. The van der Waals surface area contributed by atoms with Crippen molar-refractivity contribution in [3.63, 3.8) is 0 Å². The molecule has 1 atom stereocenters. The van der Waals surface area contributed by atoms with Gasteiger partial charge in [-0.05, 0) is 20.8 Å². The van der Waals surface area contributed by atoms with Crippen molar-refractivity contribution in [2.24, 2.45) is 0 Å². The molecule has 0 aliphatic carbocycles. The number of carboxylic acid groups (broad SMARTS) is 1. The lowest BCUT2D eigenvalue weighted by Gasteiger charge is -2.04. The first-order chi connectivity index (χ1) is 6.43. The highest BCUT2D eigenvalue weighted by atomic mass is 16.4. The molecule has 1 rings (SSSR count). The van der Waals surface area contributed by atoms with Gasteiger partial charge in [0.15, 0.2) is 0 Å². The molecule has 0 amide bonds. The minimum absolute atomic E-state index is 0.167. The van der Waals surface area contributed by atoms with Gasteiger partial charge in [-0.3, -0.25) is 9.48 Å². The number of nitrogens with zero attached hydrogens (tertiary/aromatic N) is 2. The lowest BCUT2D eigenvalue weighted by Crippen LogP contribution is -2.11. The third kappa shape index (κ3) is 1.93. The largest absolute Gasteiger partial charge is 0.480 e. The van der Waals surface area contributed by atoms with Crippen molar-refractivity contribution in [2.45, 2.75) is 33.4 Å². The Morgan fingerprint density at radius 3 is 2.50 bits per heavy atom. The highest BCUT2D eigenvalue weighted by Gasteiger charge is 2.16. The summed E-state index contributed by atoms with van der Waals surface area (Å²) in [5.41, 5.74) is 2.10. The summed E-state index contributed by atoms with van der Waals surface area (Å²) in [4.78, 5) is 10.5. The average molecular weight is 198 g/mol. The van der Waals surface area contributed by atoms with E-state index >= 15 is 0 Å². The number of carboxylic acids is 1. The Hall–Kier alpha value is -1.36. The van der Waals surface area contributed by atoms with Crippen LogP contribution in [-0.2, 0) is 11.3 Å². The minimum atomic E-state index is -0.937. The van der Waals surface area contributed by atoms with Gasteiger partial charge in [0.05, 0.1) is 11.8 Å². The van der Waals surface area contributed by atoms with E-state index in [0.29, 0.717) is 17.0 Å². The van der Waals surface area contributed by atoms with Crippen LogP contribution in [0.2, 0.25) is 0 Å². The first-order valence-corrected chi connectivity index (χ1v) is 4.37. The number of aliphatic hydroxyl groups excluding tert-OH is 1. The van der Waals surface area contributed by atoms with E-state index in [1.807, 2.05) is 0 Å². The molecule has 14 heavy (non-hydrogen) atoms. The Morgan fingerprint density at radius 2 is 2.14 bits per heavy atom. The maximum absolute atomic E-state index is 10.5. The molecule has 0 bridgehead atoms. The number of hydrogen-bond donors (Lipinski definition) is 2. The average Bonchev–Trinajstić information content (AvgIpc) is 2.25. The van der Waals surface area contributed by atoms with Gasteiger partial charge in [-0.2, -0.15) is 5.10 Å². The van der Waals surface area contributed by atoms with E-state index in [9.17, 15) is 9.90 Å². The Bertz CT molecular complexity index is 355. The van der Waals surface area contributed by atoms with Gasteiger partial charge in [0.2, 0.25) is 0 Å². The highest BCUT2D eigenvalue weighted by Crippen LogP contribution is 2.20. The van der Waals surface area contributed by atoms with Gasteiger partial charge in [-0.15, -0.1) is 0 Å². The van der Waals surface area contributed by atoms with Crippen molar-refractivity contribution < 1.29 is 15.0 Å². The van der Waals surface area contributed by atoms with Crippen LogP contribution in [0.25, 0.3) is 0 Å². The van der Waals surface area contributed by atoms with Crippen LogP contribution < -0.4 is 0 Å². The van der Waals surface area contributed by atoms with Crippen molar-refractivity contribution in [1.82, 2.24) is 9.78 Å². The number of hydrogen-bond acceptors (Lipinski definition) is 3. The van der Waals surface area contributed by atoms with E-state index in [2.05, 4.69) is 5.10 Å². The number of aliphatic carboxylic acids is 1. The van der Waals surface area contributed by atoms with E-state index < -0.39 is 12.1 Å². The fraction of sp³-hybridized carbons (Fsp3) is 0.556. The lowest BCUT2D eigenvalue weighted by molar-refractivity contribution is -0.137. The molecular weight excluding hydrogens is 184 g/mol. The summed E-state index contributed by atoms with van der Waals surface area (Å²) >= 11 is 0. The molecule has 0 saturated heterocycles. The van der Waals surface area contributed by atoms with E-state index in [1.165, 1.54) is 4.68 Å². The molecular formula is C9H14N2O3. The summed E-state index contributed by atoms with van der Waals surface area (Å²) in [7, 11) is 0. The molecule has 0 fully saturated rings. The Kier molecular flexibility index (Phi) is 2.90. The first-order valence-electron chi connectivity index (χ1n) is 4.37. The third-order valence-electron chi connectivity index (χ3n) is 2.14. The quantitative estimate of drug-likeness (QED) is 0.747. The summed E-state index contributed by atoms with van der Waals surface area (Å²) in [5, 5.41) is 22.1. The highest BCUT2D eigenvalue weighted by molar-refractivity contribution is 5.66. The fourth-order valence-corrected chi connectivity index (χ4v) is 1.60. The van der Waals surface area contributed by atoms with Gasteiger partial charge >= 0.3 is 5.97 Å². The first kappa shape index (κ1) is 10.7. The normalized spacial score (nSPS) is 12.9. The monoisotopic (exact) mass is 198 g/mol. The molecule has 0 radical (unpaired) electrons. The van der Waals surface area contributed by atoms with Crippen LogP contribution in [0.5, 0.6) is 0 Å². The van der Waals surface area contributed by atoms with Crippen molar-refractivity contribution in [3.05, 3.63) is 17.0 Å². The van der Waals surface area contributed by atoms with Crippen LogP contribution in [0.15, 0.2) is 0 Å². The van der Waals surface area contributed by atoms with Crippen LogP contribution in [-0.4, -0.2) is 26.0 Å².